The summed E-state index contributed by atoms with van der Waals surface area (Å²) in [6.07, 6.45) is 2.36. The molecule has 27 heavy (non-hydrogen) atoms. The van der Waals surface area contributed by atoms with Crippen molar-refractivity contribution < 1.29 is 9.53 Å². The summed E-state index contributed by atoms with van der Waals surface area (Å²) in [6.45, 7) is 4.65. The fraction of sp³-hybridized carbons (Fsp3) is 0.381. The molecule has 1 N–H and O–H groups in total. The van der Waals surface area contributed by atoms with E-state index in [4.69, 9.17) is 4.74 Å². The Balaban J connectivity index is 1.67. The van der Waals surface area contributed by atoms with E-state index in [0.717, 1.165) is 52.7 Å². The lowest BCUT2D eigenvalue weighted by molar-refractivity contribution is -0.117. The number of ether oxygens (including phenoxy) is 1. The first-order chi connectivity index (χ1) is 13.0. The summed E-state index contributed by atoms with van der Waals surface area (Å²) in [5.41, 5.74) is 3.08. The van der Waals surface area contributed by atoms with Gasteiger partial charge in [-0.15, -0.1) is 0 Å². The molecule has 0 saturated carbocycles. The molecule has 0 bridgehead atoms. The second-order valence-corrected chi connectivity index (χ2v) is 8.65. The summed E-state index contributed by atoms with van der Waals surface area (Å²) in [7, 11) is 0. The van der Waals surface area contributed by atoms with E-state index in [2.05, 4.69) is 54.2 Å². The number of amides is 1. The molecular weight excluding hydrogens is 472 g/mol. The van der Waals surface area contributed by atoms with E-state index in [1.807, 2.05) is 37.3 Å². The Kier molecular flexibility index (Phi) is 7.47. The minimum Gasteiger partial charge on any atom is -0.377 e. The smallest absolute Gasteiger partial charge is 0.238 e. The summed E-state index contributed by atoms with van der Waals surface area (Å²) in [4.78, 5) is 14.9. The van der Waals surface area contributed by atoms with Crippen LogP contribution in [0.25, 0.3) is 0 Å². The van der Waals surface area contributed by atoms with Crippen molar-refractivity contribution in [3.05, 3.63) is 62.5 Å². The van der Waals surface area contributed by atoms with Crippen LogP contribution in [0.5, 0.6) is 0 Å². The Morgan fingerprint density at radius 1 is 1.22 bits per heavy atom. The van der Waals surface area contributed by atoms with Gasteiger partial charge in [-0.2, -0.15) is 0 Å². The lowest BCUT2D eigenvalue weighted by atomic mass is 10.2. The second-order valence-electron chi connectivity index (χ2n) is 6.94. The normalized spacial score (nSPS) is 16.7. The fourth-order valence-electron chi connectivity index (χ4n) is 3.30. The second kappa shape index (κ2) is 9.82. The first kappa shape index (κ1) is 20.5. The predicted octanol–water partition coefficient (Wildman–Crippen LogP) is 5.14. The molecule has 0 spiro atoms. The van der Waals surface area contributed by atoms with Gasteiger partial charge in [0.1, 0.15) is 0 Å². The molecule has 1 heterocycles. The largest absolute Gasteiger partial charge is 0.377 e. The summed E-state index contributed by atoms with van der Waals surface area (Å²) < 4.78 is 7.53. The third kappa shape index (κ3) is 6.14. The first-order valence-corrected chi connectivity index (χ1v) is 10.7. The third-order valence-electron chi connectivity index (χ3n) is 4.55. The molecule has 1 aliphatic rings. The van der Waals surface area contributed by atoms with Gasteiger partial charge in [0.2, 0.25) is 5.91 Å². The number of aryl methyl sites for hydroxylation is 1. The number of hydrogen-bond acceptors (Lipinski definition) is 3. The van der Waals surface area contributed by atoms with Crippen LogP contribution in [-0.2, 0) is 16.1 Å². The van der Waals surface area contributed by atoms with Crippen LogP contribution in [-0.4, -0.2) is 36.6 Å². The monoisotopic (exact) mass is 494 g/mol. The number of carbonyl (C=O) groups excluding carboxylic acids is 1. The van der Waals surface area contributed by atoms with Gasteiger partial charge in [-0.05, 0) is 74.9 Å². The molecular formula is C21H24Br2N2O2. The molecule has 1 aliphatic heterocycles. The number of halogens is 2. The van der Waals surface area contributed by atoms with E-state index < -0.39 is 0 Å². The Bertz CT molecular complexity index is 754. The van der Waals surface area contributed by atoms with Gasteiger partial charge < -0.3 is 10.1 Å². The van der Waals surface area contributed by atoms with Gasteiger partial charge in [0.25, 0.3) is 0 Å². The average Bonchev–Trinajstić information content (AvgIpc) is 3.12. The van der Waals surface area contributed by atoms with Gasteiger partial charge in [-0.3, -0.25) is 9.69 Å². The highest BCUT2D eigenvalue weighted by Gasteiger charge is 2.21. The molecule has 0 aliphatic carbocycles. The molecule has 2 aromatic rings. The lowest BCUT2D eigenvalue weighted by Gasteiger charge is -2.25. The molecule has 1 unspecified atom stereocenters. The number of rotatable bonds is 7. The van der Waals surface area contributed by atoms with E-state index >= 15 is 0 Å². The van der Waals surface area contributed by atoms with Crippen LogP contribution in [0, 0.1) is 6.92 Å². The molecule has 6 heteroatoms. The molecule has 1 fully saturated rings. The number of nitrogens with zero attached hydrogens (tertiary/aromatic N) is 1. The van der Waals surface area contributed by atoms with Crippen LogP contribution in [0.2, 0.25) is 0 Å². The van der Waals surface area contributed by atoms with Crippen LogP contribution >= 0.6 is 31.9 Å². The molecule has 2 aromatic carbocycles. The number of nitrogens with one attached hydrogen (secondary N) is 1. The highest BCUT2D eigenvalue weighted by molar-refractivity contribution is 9.11. The van der Waals surface area contributed by atoms with Gasteiger partial charge in [-0.1, -0.05) is 30.3 Å². The zero-order valence-corrected chi connectivity index (χ0v) is 18.6. The van der Waals surface area contributed by atoms with E-state index in [9.17, 15) is 4.79 Å². The van der Waals surface area contributed by atoms with Crippen molar-refractivity contribution in [2.75, 3.05) is 25.0 Å². The lowest BCUT2D eigenvalue weighted by Crippen LogP contribution is -2.38. The van der Waals surface area contributed by atoms with Crippen LogP contribution in [0.3, 0.4) is 0 Å². The van der Waals surface area contributed by atoms with Crippen molar-refractivity contribution >= 4 is 43.5 Å². The highest BCUT2D eigenvalue weighted by atomic mass is 79.9. The zero-order chi connectivity index (χ0) is 19.2. The van der Waals surface area contributed by atoms with Crippen molar-refractivity contribution in [3.63, 3.8) is 0 Å². The molecule has 1 atom stereocenters. The molecule has 1 amide bonds. The van der Waals surface area contributed by atoms with Gasteiger partial charge in [0.15, 0.2) is 0 Å². The standard InChI is InChI=1S/C21H24Br2N2O2/c1-15-10-18(22)21(19(23)11-15)24-20(26)14-25(13-17-8-5-9-27-17)12-16-6-3-2-4-7-16/h2-4,6-7,10-11,17H,5,8-9,12-14H2,1H3,(H,24,26). The Morgan fingerprint density at radius 2 is 1.93 bits per heavy atom. The van der Waals surface area contributed by atoms with Crippen LogP contribution in [0.4, 0.5) is 5.69 Å². The zero-order valence-electron chi connectivity index (χ0n) is 15.4. The van der Waals surface area contributed by atoms with Crippen LogP contribution in [0.15, 0.2) is 51.4 Å². The molecule has 1 saturated heterocycles. The Labute approximate surface area is 177 Å². The van der Waals surface area contributed by atoms with Gasteiger partial charge in [0.05, 0.1) is 18.3 Å². The molecule has 4 nitrogen and oxygen atoms in total. The maximum absolute atomic E-state index is 12.7. The van der Waals surface area contributed by atoms with E-state index in [1.54, 1.807) is 0 Å². The maximum atomic E-state index is 12.7. The molecule has 3 rings (SSSR count). The van der Waals surface area contributed by atoms with Crippen molar-refractivity contribution in [2.45, 2.75) is 32.4 Å². The third-order valence-corrected chi connectivity index (χ3v) is 5.80. The maximum Gasteiger partial charge on any atom is 0.238 e. The van der Waals surface area contributed by atoms with Gasteiger partial charge in [-0.25, -0.2) is 0 Å². The number of hydrogen-bond donors (Lipinski definition) is 1. The number of benzene rings is 2. The number of anilines is 1. The van der Waals surface area contributed by atoms with Crippen molar-refractivity contribution in [2.24, 2.45) is 0 Å². The van der Waals surface area contributed by atoms with Gasteiger partial charge in [0, 0.05) is 28.6 Å². The minimum atomic E-state index is -0.0332. The number of carbonyl (C=O) groups is 1. The van der Waals surface area contributed by atoms with E-state index in [1.165, 1.54) is 5.56 Å². The SMILES string of the molecule is Cc1cc(Br)c(NC(=O)CN(Cc2ccccc2)CC2CCCO2)c(Br)c1. The average molecular weight is 496 g/mol. The van der Waals surface area contributed by atoms with Crippen molar-refractivity contribution in [1.29, 1.82) is 0 Å². The molecule has 144 valence electrons. The molecule has 0 aromatic heterocycles. The summed E-state index contributed by atoms with van der Waals surface area (Å²) >= 11 is 7.08. The molecule has 0 radical (unpaired) electrons. The van der Waals surface area contributed by atoms with Gasteiger partial charge >= 0.3 is 0 Å². The summed E-state index contributed by atoms with van der Waals surface area (Å²) in [6, 6.07) is 14.2. The quantitative estimate of drug-likeness (QED) is 0.578. The minimum absolute atomic E-state index is 0.0332. The summed E-state index contributed by atoms with van der Waals surface area (Å²) in [5.74, 6) is -0.0332. The van der Waals surface area contributed by atoms with Crippen LogP contribution < -0.4 is 5.32 Å². The van der Waals surface area contributed by atoms with Crippen LogP contribution in [0.1, 0.15) is 24.0 Å². The summed E-state index contributed by atoms with van der Waals surface area (Å²) in [5, 5.41) is 3.03. The van der Waals surface area contributed by atoms with Crippen molar-refractivity contribution in [1.82, 2.24) is 4.90 Å². The Morgan fingerprint density at radius 3 is 2.56 bits per heavy atom. The Hall–Kier alpha value is -1.21. The fourth-order valence-corrected chi connectivity index (χ4v) is 4.92. The van der Waals surface area contributed by atoms with Crippen molar-refractivity contribution in [3.8, 4) is 0 Å². The highest BCUT2D eigenvalue weighted by Crippen LogP contribution is 2.32. The predicted molar refractivity (Wildman–Crippen MR) is 116 cm³/mol. The van der Waals surface area contributed by atoms with E-state index in [-0.39, 0.29) is 12.0 Å². The topological polar surface area (TPSA) is 41.6 Å². The van der Waals surface area contributed by atoms with E-state index in [0.29, 0.717) is 6.54 Å². The first-order valence-electron chi connectivity index (χ1n) is 9.14.